The molecule has 2 N–H and O–H groups in total. The van der Waals surface area contributed by atoms with Crippen LogP contribution in [0.2, 0.25) is 0 Å². The monoisotopic (exact) mass is 420 g/mol. The molecule has 3 amide bonds. The molecule has 6 nitrogen and oxygen atoms in total. The van der Waals surface area contributed by atoms with E-state index in [4.69, 9.17) is 0 Å². The van der Waals surface area contributed by atoms with Gasteiger partial charge in [-0.2, -0.15) is 0 Å². The van der Waals surface area contributed by atoms with Crippen LogP contribution in [0.3, 0.4) is 0 Å². The third-order valence-electron chi connectivity index (χ3n) is 5.17. The van der Waals surface area contributed by atoms with Crippen LogP contribution in [0, 0.1) is 12.8 Å². The number of amides is 3. The lowest BCUT2D eigenvalue weighted by Gasteiger charge is -2.32. The minimum Gasteiger partial charge on any atom is -0.326 e. The van der Waals surface area contributed by atoms with E-state index in [1.807, 2.05) is 66.9 Å². The van der Waals surface area contributed by atoms with Gasteiger partial charge in [-0.3, -0.25) is 4.79 Å². The lowest BCUT2D eigenvalue weighted by molar-refractivity contribution is -0.121. The standard InChI is InChI=1S/C23H24N4O2S/c1-16-24-21(15-30-16)17-9-11-20(12-10-17)25-22(28)18-6-5-13-27(14-18)23(29)26-19-7-3-2-4-8-19/h2-4,7-12,15,18H,5-6,13-14H2,1H3,(H,25,28)(H,26,29)/t18-/m0/s1. The summed E-state index contributed by atoms with van der Waals surface area (Å²) in [5, 5.41) is 8.94. The highest BCUT2D eigenvalue weighted by atomic mass is 32.1. The molecule has 30 heavy (non-hydrogen) atoms. The summed E-state index contributed by atoms with van der Waals surface area (Å²) in [5.74, 6) is -0.273. The highest BCUT2D eigenvalue weighted by molar-refractivity contribution is 7.09. The molecule has 1 fully saturated rings. The number of anilines is 2. The predicted molar refractivity (Wildman–Crippen MR) is 121 cm³/mol. The molecule has 0 aliphatic carbocycles. The van der Waals surface area contributed by atoms with Crippen LogP contribution in [0.15, 0.2) is 60.0 Å². The fourth-order valence-corrected chi connectivity index (χ4v) is 4.19. The van der Waals surface area contributed by atoms with E-state index in [9.17, 15) is 9.59 Å². The summed E-state index contributed by atoms with van der Waals surface area (Å²) in [6.45, 7) is 3.06. The third-order valence-corrected chi connectivity index (χ3v) is 5.95. The minimum absolute atomic E-state index is 0.0514. The van der Waals surface area contributed by atoms with E-state index in [0.717, 1.165) is 40.5 Å². The largest absolute Gasteiger partial charge is 0.326 e. The molecule has 4 rings (SSSR count). The van der Waals surface area contributed by atoms with Crippen molar-refractivity contribution < 1.29 is 9.59 Å². The third kappa shape index (κ3) is 4.86. The molecular weight excluding hydrogens is 396 g/mol. The van der Waals surface area contributed by atoms with E-state index in [1.54, 1.807) is 16.2 Å². The average molecular weight is 421 g/mol. The van der Waals surface area contributed by atoms with Gasteiger partial charge in [0.1, 0.15) is 0 Å². The predicted octanol–water partition coefficient (Wildman–Crippen LogP) is 5.00. The molecule has 1 aliphatic rings. The highest BCUT2D eigenvalue weighted by Gasteiger charge is 2.28. The lowest BCUT2D eigenvalue weighted by atomic mass is 9.97. The van der Waals surface area contributed by atoms with Crippen LogP contribution in [0.1, 0.15) is 17.8 Å². The molecule has 2 aromatic carbocycles. The minimum atomic E-state index is -0.221. The first kappa shape index (κ1) is 20.1. The number of para-hydroxylation sites is 1. The number of rotatable bonds is 4. The van der Waals surface area contributed by atoms with Gasteiger partial charge >= 0.3 is 6.03 Å². The summed E-state index contributed by atoms with van der Waals surface area (Å²) < 4.78 is 0. The molecule has 1 aliphatic heterocycles. The van der Waals surface area contributed by atoms with Crippen LogP contribution in [-0.4, -0.2) is 34.9 Å². The number of nitrogens with zero attached hydrogens (tertiary/aromatic N) is 2. The molecule has 0 radical (unpaired) electrons. The Hall–Kier alpha value is -3.19. The second-order valence-corrected chi connectivity index (χ2v) is 8.46. The fraction of sp³-hybridized carbons (Fsp3) is 0.261. The number of urea groups is 1. The zero-order valence-electron chi connectivity index (χ0n) is 16.8. The Bertz CT molecular complexity index is 1020. The molecule has 154 valence electrons. The fourth-order valence-electron chi connectivity index (χ4n) is 3.56. The second kappa shape index (κ2) is 9.09. The number of thiazole rings is 1. The zero-order chi connectivity index (χ0) is 20.9. The van der Waals surface area contributed by atoms with Gasteiger partial charge in [-0.05, 0) is 44.0 Å². The van der Waals surface area contributed by atoms with Crippen molar-refractivity contribution in [1.29, 1.82) is 0 Å². The Labute approximate surface area is 180 Å². The maximum Gasteiger partial charge on any atom is 0.321 e. The summed E-state index contributed by atoms with van der Waals surface area (Å²) in [5.41, 5.74) is 3.48. The van der Waals surface area contributed by atoms with Crippen LogP contribution in [0.25, 0.3) is 11.3 Å². The maximum atomic E-state index is 12.8. The molecule has 2 heterocycles. The van der Waals surface area contributed by atoms with Gasteiger partial charge < -0.3 is 15.5 Å². The topological polar surface area (TPSA) is 74.3 Å². The smallest absolute Gasteiger partial charge is 0.321 e. The molecule has 1 saturated heterocycles. The van der Waals surface area contributed by atoms with Gasteiger partial charge in [0.15, 0.2) is 0 Å². The van der Waals surface area contributed by atoms with Gasteiger partial charge in [-0.25, -0.2) is 9.78 Å². The first-order valence-corrected chi connectivity index (χ1v) is 10.9. The number of hydrogen-bond donors (Lipinski definition) is 2. The van der Waals surface area contributed by atoms with E-state index >= 15 is 0 Å². The Morgan fingerprint density at radius 2 is 1.77 bits per heavy atom. The van der Waals surface area contributed by atoms with Gasteiger partial charge in [0, 0.05) is 35.4 Å². The number of carbonyl (C=O) groups is 2. The molecule has 1 atom stereocenters. The van der Waals surface area contributed by atoms with Gasteiger partial charge in [-0.1, -0.05) is 30.3 Å². The van der Waals surface area contributed by atoms with Crippen LogP contribution in [0.5, 0.6) is 0 Å². The highest BCUT2D eigenvalue weighted by Crippen LogP contribution is 2.24. The number of nitrogens with one attached hydrogen (secondary N) is 2. The molecule has 7 heteroatoms. The van der Waals surface area contributed by atoms with E-state index in [2.05, 4.69) is 15.6 Å². The second-order valence-electron chi connectivity index (χ2n) is 7.40. The van der Waals surface area contributed by atoms with E-state index in [1.165, 1.54) is 0 Å². The Morgan fingerprint density at radius 1 is 1.03 bits per heavy atom. The Morgan fingerprint density at radius 3 is 2.47 bits per heavy atom. The van der Waals surface area contributed by atoms with Crippen LogP contribution < -0.4 is 10.6 Å². The van der Waals surface area contributed by atoms with Gasteiger partial charge in [0.2, 0.25) is 5.91 Å². The van der Waals surface area contributed by atoms with Gasteiger partial charge in [0.05, 0.1) is 16.6 Å². The molecule has 0 spiro atoms. The van der Waals surface area contributed by atoms with E-state index < -0.39 is 0 Å². The summed E-state index contributed by atoms with van der Waals surface area (Å²) in [4.78, 5) is 31.5. The Kier molecular flexibility index (Phi) is 6.09. The van der Waals surface area contributed by atoms with Crippen molar-refractivity contribution in [3.8, 4) is 11.3 Å². The quantitative estimate of drug-likeness (QED) is 0.624. The first-order chi connectivity index (χ1) is 14.6. The first-order valence-electron chi connectivity index (χ1n) is 10.0. The number of hydrogen-bond acceptors (Lipinski definition) is 4. The van der Waals surface area contributed by atoms with Crippen molar-refractivity contribution in [3.05, 3.63) is 65.0 Å². The number of piperidine rings is 1. The Balaban J connectivity index is 1.34. The molecule has 3 aromatic rings. The number of carbonyl (C=O) groups excluding carboxylic acids is 2. The van der Waals surface area contributed by atoms with Crippen molar-refractivity contribution in [2.75, 3.05) is 23.7 Å². The van der Waals surface area contributed by atoms with Crippen LogP contribution >= 0.6 is 11.3 Å². The van der Waals surface area contributed by atoms with Crippen molar-refractivity contribution in [2.45, 2.75) is 19.8 Å². The van der Waals surface area contributed by atoms with Crippen molar-refractivity contribution >= 4 is 34.6 Å². The van der Waals surface area contributed by atoms with Crippen molar-refractivity contribution in [1.82, 2.24) is 9.88 Å². The summed E-state index contributed by atoms with van der Waals surface area (Å²) in [6.07, 6.45) is 1.58. The SMILES string of the molecule is Cc1nc(-c2ccc(NC(=O)[C@H]3CCCN(C(=O)Nc4ccccc4)C3)cc2)cs1. The average Bonchev–Trinajstić information content (AvgIpc) is 3.21. The van der Waals surface area contributed by atoms with Gasteiger partial charge in [-0.15, -0.1) is 11.3 Å². The number of aromatic nitrogens is 1. The van der Waals surface area contributed by atoms with Gasteiger partial charge in [0.25, 0.3) is 0 Å². The number of aryl methyl sites for hydroxylation is 1. The number of likely N-dealkylation sites (tertiary alicyclic amines) is 1. The molecule has 0 unspecified atom stereocenters. The molecule has 0 bridgehead atoms. The normalized spacial score (nSPS) is 16.2. The number of benzene rings is 2. The summed E-state index contributed by atoms with van der Waals surface area (Å²) in [6, 6.07) is 16.9. The molecule has 0 saturated carbocycles. The van der Waals surface area contributed by atoms with Crippen LogP contribution in [0.4, 0.5) is 16.2 Å². The molecule has 1 aromatic heterocycles. The zero-order valence-corrected chi connectivity index (χ0v) is 17.6. The molecular formula is C23H24N4O2S. The lowest BCUT2D eigenvalue weighted by Crippen LogP contribution is -2.45. The van der Waals surface area contributed by atoms with Crippen molar-refractivity contribution in [3.63, 3.8) is 0 Å². The van der Waals surface area contributed by atoms with Crippen molar-refractivity contribution in [2.24, 2.45) is 5.92 Å². The van der Waals surface area contributed by atoms with E-state index in [0.29, 0.717) is 13.1 Å². The summed E-state index contributed by atoms with van der Waals surface area (Å²) in [7, 11) is 0. The summed E-state index contributed by atoms with van der Waals surface area (Å²) >= 11 is 1.62. The van der Waals surface area contributed by atoms with Crippen LogP contribution in [-0.2, 0) is 4.79 Å². The maximum absolute atomic E-state index is 12.8. The van der Waals surface area contributed by atoms with E-state index in [-0.39, 0.29) is 17.9 Å².